The summed E-state index contributed by atoms with van der Waals surface area (Å²) in [5, 5.41) is 5.43. The maximum atomic E-state index is 5.97. The van der Waals surface area contributed by atoms with Crippen LogP contribution in [0, 0.1) is 0 Å². The van der Waals surface area contributed by atoms with Crippen LogP contribution in [0.2, 0.25) is 0 Å². The molecule has 0 saturated carbocycles. The van der Waals surface area contributed by atoms with E-state index in [9.17, 15) is 0 Å². The molecule has 1 atom stereocenters. The van der Waals surface area contributed by atoms with E-state index >= 15 is 0 Å². The molecule has 1 unspecified atom stereocenters. The van der Waals surface area contributed by atoms with E-state index in [2.05, 4.69) is 22.4 Å². The number of pyridine rings is 1. The Morgan fingerprint density at radius 3 is 2.95 bits per heavy atom. The van der Waals surface area contributed by atoms with Crippen molar-refractivity contribution < 1.29 is 9.47 Å². The predicted molar refractivity (Wildman–Crippen MR) is 74.4 cm³/mol. The van der Waals surface area contributed by atoms with Crippen LogP contribution in [0.5, 0.6) is 5.88 Å². The van der Waals surface area contributed by atoms with Gasteiger partial charge in [-0.3, -0.25) is 0 Å². The highest BCUT2D eigenvalue weighted by atomic mass is 16.5. The van der Waals surface area contributed by atoms with Crippen LogP contribution in [-0.2, 0) is 11.3 Å². The number of ether oxygens (including phenoxy) is 2. The summed E-state index contributed by atoms with van der Waals surface area (Å²) in [5.74, 6) is 0.714. The van der Waals surface area contributed by atoms with Crippen molar-refractivity contribution in [2.24, 2.45) is 0 Å². The average molecular weight is 258 g/mol. The molecule has 2 heterocycles. The SMILES string of the molecule is CNCc1cnc(OC2CCOC2)c2ccccc12. The second-order valence-corrected chi connectivity index (χ2v) is 4.77. The molecule has 2 aromatic rings. The van der Waals surface area contributed by atoms with Crippen molar-refractivity contribution in [2.75, 3.05) is 20.3 Å². The Morgan fingerprint density at radius 2 is 2.21 bits per heavy atom. The lowest BCUT2D eigenvalue weighted by molar-refractivity contribution is 0.139. The monoisotopic (exact) mass is 258 g/mol. The molecule has 100 valence electrons. The average Bonchev–Trinajstić information content (AvgIpc) is 2.95. The molecular weight excluding hydrogens is 240 g/mol. The molecule has 0 bridgehead atoms. The van der Waals surface area contributed by atoms with E-state index in [1.807, 2.05) is 25.4 Å². The number of nitrogens with one attached hydrogen (secondary N) is 1. The van der Waals surface area contributed by atoms with Gasteiger partial charge >= 0.3 is 0 Å². The predicted octanol–water partition coefficient (Wildman–Crippen LogP) is 2.12. The van der Waals surface area contributed by atoms with Crippen molar-refractivity contribution in [1.29, 1.82) is 0 Å². The lowest BCUT2D eigenvalue weighted by atomic mass is 10.1. The Hall–Kier alpha value is -1.65. The number of benzene rings is 1. The van der Waals surface area contributed by atoms with Gasteiger partial charge in [0, 0.05) is 24.5 Å². The van der Waals surface area contributed by atoms with Gasteiger partial charge in [-0.15, -0.1) is 0 Å². The highest BCUT2D eigenvalue weighted by molar-refractivity contribution is 5.89. The van der Waals surface area contributed by atoms with Gasteiger partial charge in [-0.05, 0) is 24.1 Å². The Labute approximate surface area is 112 Å². The van der Waals surface area contributed by atoms with Crippen LogP contribution in [0.15, 0.2) is 30.5 Å². The molecule has 1 aliphatic heterocycles. The fraction of sp³-hybridized carbons (Fsp3) is 0.400. The first-order valence-corrected chi connectivity index (χ1v) is 6.64. The summed E-state index contributed by atoms with van der Waals surface area (Å²) < 4.78 is 11.3. The van der Waals surface area contributed by atoms with Crippen molar-refractivity contribution in [3.8, 4) is 5.88 Å². The molecule has 19 heavy (non-hydrogen) atoms. The zero-order chi connectivity index (χ0) is 13.1. The molecule has 0 radical (unpaired) electrons. The van der Waals surface area contributed by atoms with Gasteiger partial charge in [-0.2, -0.15) is 0 Å². The fourth-order valence-electron chi connectivity index (χ4n) is 2.41. The van der Waals surface area contributed by atoms with Crippen molar-refractivity contribution in [1.82, 2.24) is 10.3 Å². The molecule has 1 fully saturated rings. The standard InChI is InChI=1S/C15H18N2O2/c1-16-8-11-9-17-15(19-12-6-7-18-10-12)14-5-3-2-4-13(11)14/h2-5,9,12,16H,6-8,10H2,1H3. The maximum Gasteiger partial charge on any atom is 0.221 e. The second-order valence-electron chi connectivity index (χ2n) is 4.77. The summed E-state index contributed by atoms with van der Waals surface area (Å²) in [5.41, 5.74) is 1.19. The summed E-state index contributed by atoms with van der Waals surface area (Å²) in [7, 11) is 1.94. The minimum atomic E-state index is 0.131. The smallest absolute Gasteiger partial charge is 0.221 e. The number of fused-ring (bicyclic) bond motifs is 1. The van der Waals surface area contributed by atoms with Gasteiger partial charge in [-0.1, -0.05) is 18.2 Å². The first-order chi connectivity index (χ1) is 9.38. The van der Waals surface area contributed by atoms with Crippen molar-refractivity contribution in [3.63, 3.8) is 0 Å². The highest BCUT2D eigenvalue weighted by Gasteiger charge is 2.19. The van der Waals surface area contributed by atoms with E-state index in [-0.39, 0.29) is 6.10 Å². The number of aromatic nitrogens is 1. The van der Waals surface area contributed by atoms with E-state index in [4.69, 9.17) is 9.47 Å². The van der Waals surface area contributed by atoms with Gasteiger partial charge in [0.25, 0.3) is 0 Å². The molecule has 0 amide bonds. The molecule has 1 aliphatic rings. The van der Waals surface area contributed by atoms with Gasteiger partial charge in [0.05, 0.1) is 13.2 Å². The van der Waals surface area contributed by atoms with E-state index in [1.165, 1.54) is 10.9 Å². The lowest BCUT2D eigenvalue weighted by Crippen LogP contribution is -2.17. The quantitative estimate of drug-likeness (QED) is 0.912. The Kier molecular flexibility index (Phi) is 3.62. The van der Waals surface area contributed by atoms with Crippen molar-refractivity contribution in [2.45, 2.75) is 19.1 Å². The van der Waals surface area contributed by atoms with Crippen LogP contribution in [0.25, 0.3) is 10.8 Å². The third kappa shape index (κ3) is 2.55. The molecule has 3 rings (SSSR count). The largest absolute Gasteiger partial charge is 0.471 e. The number of nitrogens with zero attached hydrogens (tertiary/aromatic N) is 1. The summed E-state index contributed by atoms with van der Waals surface area (Å²) in [6, 6.07) is 8.24. The van der Waals surface area contributed by atoms with Crippen LogP contribution in [-0.4, -0.2) is 31.3 Å². The molecule has 4 nitrogen and oxygen atoms in total. The fourth-order valence-corrected chi connectivity index (χ4v) is 2.41. The summed E-state index contributed by atoms with van der Waals surface area (Å²) in [6.45, 7) is 2.25. The minimum Gasteiger partial charge on any atom is -0.471 e. The zero-order valence-electron chi connectivity index (χ0n) is 11.1. The summed E-state index contributed by atoms with van der Waals surface area (Å²) >= 11 is 0. The van der Waals surface area contributed by atoms with E-state index in [0.717, 1.165) is 25.0 Å². The molecule has 1 N–H and O–H groups in total. The summed E-state index contributed by atoms with van der Waals surface area (Å²) in [4.78, 5) is 4.47. The van der Waals surface area contributed by atoms with E-state index in [1.54, 1.807) is 0 Å². The summed E-state index contributed by atoms with van der Waals surface area (Å²) in [6.07, 6.45) is 2.96. The normalized spacial score (nSPS) is 18.9. The first-order valence-electron chi connectivity index (χ1n) is 6.64. The lowest BCUT2D eigenvalue weighted by Gasteiger charge is -2.14. The highest BCUT2D eigenvalue weighted by Crippen LogP contribution is 2.27. The van der Waals surface area contributed by atoms with E-state index in [0.29, 0.717) is 12.5 Å². The van der Waals surface area contributed by atoms with Crippen LogP contribution >= 0.6 is 0 Å². The molecule has 0 spiro atoms. The maximum absolute atomic E-state index is 5.97. The van der Waals surface area contributed by atoms with Crippen LogP contribution in [0.4, 0.5) is 0 Å². The van der Waals surface area contributed by atoms with Gasteiger partial charge in [-0.25, -0.2) is 4.98 Å². The molecule has 4 heteroatoms. The molecule has 1 saturated heterocycles. The Balaban J connectivity index is 1.98. The van der Waals surface area contributed by atoms with E-state index < -0.39 is 0 Å². The minimum absolute atomic E-state index is 0.131. The third-order valence-electron chi connectivity index (χ3n) is 3.37. The van der Waals surface area contributed by atoms with Crippen LogP contribution in [0.1, 0.15) is 12.0 Å². The zero-order valence-corrected chi connectivity index (χ0v) is 11.1. The van der Waals surface area contributed by atoms with Crippen molar-refractivity contribution in [3.05, 3.63) is 36.0 Å². The Bertz CT molecular complexity index is 565. The third-order valence-corrected chi connectivity index (χ3v) is 3.37. The first kappa shape index (κ1) is 12.4. The number of rotatable bonds is 4. The number of hydrogen-bond acceptors (Lipinski definition) is 4. The molecule has 1 aromatic heterocycles. The van der Waals surface area contributed by atoms with Gasteiger partial charge in [0.1, 0.15) is 6.10 Å². The molecule has 1 aromatic carbocycles. The van der Waals surface area contributed by atoms with Gasteiger partial charge < -0.3 is 14.8 Å². The van der Waals surface area contributed by atoms with Gasteiger partial charge in [0.2, 0.25) is 5.88 Å². The van der Waals surface area contributed by atoms with Gasteiger partial charge in [0.15, 0.2) is 0 Å². The van der Waals surface area contributed by atoms with Crippen LogP contribution in [0.3, 0.4) is 0 Å². The second kappa shape index (κ2) is 5.55. The van der Waals surface area contributed by atoms with Crippen molar-refractivity contribution >= 4 is 10.8 Å². The molecule has 0 aliphatic carbocycles. The Morgan fingerprint density at radius 1 is 1.37 bits per heavy atom. The van der Waals surface area contributed by atoms with Crippen LogP contribution < -0.4 is 10.1 Å². The number of hydrogen-bond donors (Lipinski definition) is 1. The molecular formula is C15H18N2O2. The topological polar surface area (TPSA) is 43.4 Å².